The topological polar surface area (TPSA) is 55.8 Å². The monoisotopic (exact) mass is 279 g/mol. The van der Waals surface area contributed by atoms with E-state index >= 15 is 0 Å². The van der Waals surface area contributed by atoms with E-state index in [4.69, 9.17) is 9.47 Å². The van der Waals surface area contributed by atoms with Crippen LogP contribution < -0.4 is 0 Å². The first-order valence-electron chi connectivity index (χ1n) is 6.09. The largest absolute Gasteiger partial charge is 0.465 e. The van der Waals surface area contributed by atoms with Crippen LogP contribution in [-0.4, -0.2) is 56.6 Å². The fourth-order valence-corrected chi connectivity index (χ4v) is 1.98. The van der Waals surface area contributed by atoms with Gasteiger partial charge < -0.3 is 14.4 Å². The molecule has 1 atom stereocenters. The average molecular weight is 280 g/mol. The molecule has 6 heteroatoms. The molecule has 0 spiro atoms. The second-order valence-electron chi connectivity index (χ2n) is 4.17. The summed E-state index contributed by atoms with van der Waals surface area (Å²) < 4.78 is 9.90. The number of methoxy groups -OCH3 is 1. The molecule has 1 rings (SSSR count). The maximum absolute atomic E-state index is 11.6. The summed E-state index contributed by atoms with van der Waals surface area (Å²) in [5.74, 6) is -0.966. The van der Waals surface area contributed by atoms with Crippen LogP contribution in [0.1, 0.15) is 19.8 Å². The summed E-state index contributed by atoms with van der Waals surface area (Å²) in [7, 11) is 1.67. The predicted octanol–water partition coefficient (Wildman–Crippen LogP) is 0.899. The molecule has 1 heterocycles. The Balaban J connectivity index is 0.00000289. The van der Waals surface area contributed by atoms with Crippen molar-refractivity contribution in [3.63, 3.8) is 0 Å². The van der Waals surface area contributed by atoms with E-state index in [2.05, 4.69) is 4.90 Å². The third-order valence-electron chi connectivity index (χ3n) is 2.90. The quantitative estimate of drug-likeness (QED) is 0.411. The number of likely N-dealkylation sites (tertiary alicyclic amines) is 1. The summed E-state index contributed by atoms with van der Waals surface area (Å²) in [6.07, 6.45) is 1.36. The van der Waals surface area contributed by atoms with Crippen molar-refractivity contribution in [3.8, 4) is 0 Å². The average Bonchev–Trinajstić information content (AvgIpc) is 2.32. The van der Waals surface area contributed by atoms with Crippen molar-refractivity contribution >= 4 is 24.2 Å². The van der Waals surface area contributed by atoms with Gasteiger partial charge in [-0.1, -0.05) is 0 Å². The van der Waals surface area contributed by atoms with Crippen LogP contribution in [0.2, 0.25) is 0 Å². The number of halogens is 1. The van der Waals surface area contributed by atoms with E-state index in [1.807, 2.05) is 0 Å². The lowest BCUT2D eigenvalue weighted by Gasteiger charge is -2.30. The van der Waals surface area contributed by atoms with Gasteiger partial charge in [0.05, 0.1) is 6.61 Å². The summed E-state index contributed by atoms with van der Waals surface area (Å²) >= 11 is 0. The molecule has 1 unspecified atom stereocenters. The fourth-order valence-electron chi connectivity index (χ4n) is 1.98. The molecule has 1 saturated heterocycles. The van der Waals surface area contributed by atoms with E-state index in [0.717, 1.165) is 19.5 Å². The standard InChI is InChI=1S/C12H21NO4.ClH/c1-3-17-12(15)10-9-13(6-4-8-16-2)7-5-11(10)14;/h10H,3-9H2,1-2H3;1H. The summed E-state index contributed by atoms with van der Waals surface area (Å²) in [5, 5.41) is 0. The van der Waals surface area contributed by atoms with Crippen molar-refractivity contribution in [1.82, 2.24) is 4.90 Å². The highest BCUT2D eigenvalue weighted by molar-refractivity contribution is 5.99. The number of rotatable bonds is 6. The van der Waals surface area contributed by atoms with Crippen LogP contribution >= 0.6 is 12.4 Å². The molecule has 0 aromatic heterocycles. The molecule has 5 nitrogen and oxygen atoms in total. The van der Waals surface area contributed by atoms with E-state index in [-0.39, 0.29) is 24.2 Å². The van der Waals surface area contributed by atoms with Crippen LogP contribution in [0.15, 0.2) is 0 Å². The van der Waals surface area contributed by atoms with E-state index in [1.54, 1.807) is 14.0 Å². The molecule has 0 aromatic rings. The molecule has 0 aromatic carbocycles. The molecule has 1 aliphatic heterocycles. The molecule has 0 aliphatic carbocycles. The molecule has 0 amide bonds. The van der Waals surface area contributed by atoms with Gasteiger partial charge in [0.1, 0.15) is 11.7 Å². The van der Waals surface area contributed by atoms with Gasteiger partial charge in [0.15, 0.2) is 0 Å². The minimum Gasteiger partial charge on any atom is -0.465 e. The van der Waals surface area contributed by atoms with Gasteiger partial charge in [0.25, 0.3) is 0 Å². The van der Waals surface area contributed by atoms with E-state index in [9.17, 15) is 9.59 Å². The van der Waals surface area contributed by atoms with Crippen LogP contribution in [0, 0.1) is 5.92 Å². The highest BCUT2D eigenvalue weighted by Gasteiger charge is 2.33. The molecular weight excluding hydrogens is 258 g/mol. The number of Topliss-reactive ketones (excluding diaryl/α,β-unsaturated/α-hetero) is 1. The number of nitrogens with zero attached hydrogens (tertiary/aromatic N) is 1. The van der Waals surface area contributed by atoms with Gasteiger partial charge in [-0.05, 0) is 13.3 Å². The van der Waals surface area contributed by atoms with Gasteiger partial charge in [0, 0.05) is 39.8 Å². The van der Waals surface area contributed by atoms with Crippen LogP contribution in [-0.2, 0) is 19.1 Å². The lowest BCUT2D eigenvalue weighted by atomic mass is 9.96. The van der Waals surface area contributed by atoms with Crippen LogP contribution in [0.3, 0.4) is 0 Å². The number of piperidine rings is 1. The first-order chi connectivity index (χ1) is 8.19. The normalized spacial score (nSPS) is 20.3. The number of carbonyl (C=O) groups is 2. The summed E-state index contributed by atoms with van der Waals surface area (Å²) in [6, 6.07) is 0. The molecule has 1 aliphatic rings. The number of hydrogen-bond acceptors (Lipinski definition) is 5. The van der Waals surface area contributed by atoms with Crippen molar-refractivity contribution in [2.24, 2.45) is 5.92 Å². The van der Waals surface area contributed by atoms with Gasteiger partial charge in [-0.25, -0.2) is 0 Å². The molecule has 18 heavy (non-hydrogen) atoms. The minimum atomic E-state index is -0.591. The van der Waals surface area contributed by atoms with Gasteiger partial charge in [-0.2, -0.15) is 0 Å². The Morgan fingerprint density at radius 3 is 2.83 bits per heavy atom. The summed E-state index contributed by atoms with van der Waals surface area (Å²) in [4.78, 5) is 25.4. The molecule has 0 bridgehead atoms. The highest BCUT2D eigenvalue weighted by atomic mass is 35.5. The number of ketones is 1. The Morgan fingerprint density at radius 1 is 1.50 bits per heavy atom. The lowest BCUT2D eigenvalue weighted by molar-refractivity contribution is -0.153. The second-order valence-corrected chi connectivity index (χ2v) is 4.17. The molecule has 106 valence electrons. The molecule has 0 radical (unpaired) electrons. The maximum Gasteiger partial charge on any atom is 0.317 e. The fraction of sp³-hybridized carbons (Fsp3) is 0.833. The lowest BCUT2D eigenvalue weighted by Crippen LogP contribution is -2.45. The third-order valence-corrected chi connectivity index (χ3v) is 2.90. The van der Waals surface area contributed by atoms with Crippen LogP contribution in [0.25, 0.3) is 0 Å². The first-order valence-corrected chi connectivity index (χ1v) is 6.09. The minimum absolute atomic E-state index is 0. The Hall–Kier alpha value is -0.650. The first kappa shape index (κ1) is 17.4. The van der Waals surface area contributed by atoms with Gasteiger partial charge in [0.2, 0.25) is 0 Å². The van der Waals surface area contributed by atoms with Crippen molar-refractivity contribution in [3.05, 3.63) is 0 Å². The SMILES string of the molecule is CCOC(=O)C1CN(CCCOC)CCC1=O.Cl. The zero-order chi connectivity index (χ0) is 12.7. The number of hydrogen-bond donors (Lipinski definition) is 0. The van der Waals surface area contributed by atoms with E-state index in [1.165, 1.54) is 0 Å². The molecule has 0 saturated carbocycles. The number of ether oxygens (including phenoxy) is 2. The van der Waals surface area contributed by atoms with E-state index in [0.29, 0.717) is 26.2 Å². The summed E-state index contributed by atoms with van der Waals surface area (Å²) in [5.41, 5.74) is 0. The Morgan fingerprint density at radius 2 is 2.22 bits per heavy atom. The zero-order valence-electron chi connectivity index (χ0n) is 11.0. The smallest absolute Gasteiger partial charge is 0.317 e. The summed E-state index contributed by atoms with van der Waals surface area (Å²) in [6.45, 7) is 4.86. The van der Waals surface area contributed by atoms with Gasteiger partial charge >= 0.3 is 5.97 Å². The van der Waals surface area contributed by atoms with Crippen molar-refractivity contribution in [1.29, 1.82) is 0 Å². The van der Waals surface area contributed by atoms with Crippen molar-refractivity contribution in [2.75, 3.05) is 40.0 Å². The van der Waals surface area contributed by atoms with Gasteiger partial charge in [-0.3, -0.25) is 9.59 Å². The van der Waals surface area contributed by atoms with Gasteiger partial charge in [-0.15, -0.1) is 12.4 Å². The second kappa shape index (κ2) is 9.30. The van der Waals surface area contributed by atoms with Crippen molar-refractivity contribution < 1.29 is 19.1 Å². The highest BCUT2D eigenvalue weighted by Crippen LogP contribution is 2.15. The molecule has 1 fully saturated rings. The number of carbonyl (C=O) groups excluding carboxylic acids is 2. The zero-order valence-corrected chi connectivity index (χ0v) is 11.8. The Labute approximate surface area is 114 Å². The Bertz CT molecular complexity index is 273. The molecule has 0 N–H and O–H groups in total. The Kier molecular flexibility index (Phi) is 8.97. The van der Waals surface area contributed by atoms with E-state index < -0.39 is 5.92 Å². The maximum atomic E-state index is 11.6. The third kappa shape index (κ3) is 5.33. The number of esters is 1. The predicted molar refractivity (Wildman–Crippen MR) is 69.9 cm³/mol. The van der Waals surface area contributed by atoms with Crippen LogP contribution in [0.5, 0.6) is 0 Å². The van der Waals surface area contributed by atoms with Crippen molar-refractivity contribution in [2.45, 2.75) is 19.8 Å². The molecular formula is C12H22ClNO4. The van der Waals surface area contributed by atoms with Crippen LogP contribution in [0.4, 0.5) is 0 Å².